The van der Waals surface area contributed by atoms with Gasteiger partial charge in [-0.1, -0.05) is 79.9 Å². The van der Waals surface area contributed by atoms with Crippen LogP contribution >= 0.6 is 23.2 Å². The molecule has 2 rings (SSSR count). The van der Waals surface area contributed by atoms with Gasteiger partial charge < -0.3 is 5.32 Å². The molecule has 1 nitrogen and oxygen atoms in total. The first kappa shape index (κ1) is 16.4. The van der Waals surface area contributed by atoms with E-state index in [1.807, 2.05) is 18.2 Å². The minimum absolute atomic E-state index is 0.0666. The van der Waals surface area contributed by atoms with Gasteiger partial charge in [0.25, 0.3) is 0 Å². The zero-order valence-corrected chi connectivity index (χ0v) is 14.0. The lowest BCUT2D eigenvalue weighted by atomic mass is 9.97. The lowest BCUT2D eigenvalue weighted by molar-refractivity contribution is 0.630. The van der Waals surface area contributed by atoms with Crippen LogP contribution in [0.15, 0.2) is 42.5 Å². The van der Waals surface area contributed by atoms with E-state index in [1.54, 1.807) is 0 Å². The largest absolute Gasteiger partial charge is 0.306 e. The molecule has 21 heavy (non-hydrogen) atoms. The fourth-order valence-corrected chi connectivity index (χ4v) is 2.94. The Morgan fingerprint density at radius 1 is 1.00 bits per heavy atom. The summed E-state index contributed by atoms with van der Waals surface area (Å²) in [5.41, 5.74) is 3.60. The van der Waals surface area contributed by atoms with Gasteiger partial charge in [0.1, 0.15) is 0 Å². The minimum atomic E-state index is 0.0666. The van der Waals surface area contributed by atoms with Crippen LogP contribution in [-0.4, -0.2) is 6.54 Å². The van der Waals surface area contributed by atoms with Crippen LogP contribution in [0.5, 0.6) is 0 Å². The molecule has 0 saturated heterocycles. The van der Waals surface area contributed by atoms with E-state index in [0.717, 1.165) is 24.9 Å². The maximum absolute atomic E-state index is 6.38. The molecule has 0 aliphatic carbocycles. The molecule has 1 N–H and O–H groups in total. The van der Waals surface area contributed by atoms with Crippen LogP contribution in [0.4, 0.5) is 0 Å². The van der Waals surface area contributed by atoms with Gasteiger partial charge in [0.15, 0.2) is 0 Å². The predicted octanol–water partition coefficient (Wildman–Crippen LogP) is 5.64. The summed E-state index contributed by atoms with van der Waals surface area (Å²) in [5.74, 6) is 0. The lowest BCUT2D eigenvalue weighted by Gasteiger charge is -2.21. The smallest absolute Gasteiger partial charge is 0.0643 e. The van der Waals surface area contributed by atoms with Crippen molar-refractivity contribution >= 4 is 23.2 Å². The molecule has 2 aromatic rings. The van der Waals surface area contributed by atoms with Gasteiger partial charge >= 0.3 is 0 Å². The normalized spacial score (nSPS) is 12.4. The molecule has 0 aromatic heterocycles. The molecule has 0 heterocycles. The number of halogens is 2. The van der Waals surface area contributed by atoms with E-state index in [2.05, 4.69) is 43.4 Å². The Balaban J connectivity index is 2.36. The van der Waals surface area contributed by atoms with Crippen LogP contribution in [0.25, 0.3) is 0 Å². The molecule has 0 fully saturated rings. The number of hydrogen-bond donors (Lipinski definition) is 1. The van der Waals surface area contributed by atoms with Crippen LogP contribution in [0, 0.1) is 0 Å². The second kappa shape index (κ2) is 7.84. The van der Waals surface area contributed by atoms with Crippen molar-refractivity contribution in [3.8, 4) is 0 Å². The molecule has 0 saturated carbocycles. The third-order valence-corrected chi connectivity index (χ3v) is 4.39. The molecule has 1 atom stereocenters. The zero-order valence-electron chi connectivity index (χ0n) is 12.5. The van der Waals surface area contributed by atoms with E-state index in [9.17, 15) is 0 Å². The summed E-state index contributed by atoms with van der Waals surface area (Å²) in [6.07, 6.45) is 2.28. The van der Waals surface area contributed by atoms with E-state index in [4.69, 9.17) is 23.2 Å². The molecular weight excluding hydrogens is 301 g/mol. The fraction of sp³-hybridized carbons (Fsp3) is 0.333. The first-order valence-corrected chi connectivity index (χ1v) is 8.19. The fourth-order valence-electron chi connectivity index (χ4n) is 2.52. The molecule has 0 spiro atoms. The Bertz CT molecular complexity index is 578. The maximum Gasteiger partial charge on any atom is 0.0643 e. The Morgan fingerprint density at radius 3 is 2.33 bits per heavy atom. The van der Waals surface area contributed by atoms with Crippen molar-refractivity contribution in [1.82, 2.24) is 5.32 Å². The highest BCUT2D eigenvalue weighted by Crippen LogP contribution is 2.33. The average Bonchev–Trinajstić information content (AvgIpc) is 2.49. The van der Waals surface area contributed by atoms with Crippen LogP contribution < -0.4 is 5.32 Å². The Hall–Kier alpha value is -1.02. The molecule has 1 unspecified atom stereocenters. The molecule has 0 aliphatic heterocycles. The average molecular weight is 322 g/mol. The molecular formula is C18H21Cl2N. The van der Waals surface area contributed by atoms with Gasteiger partial charge in [0.2, 0.25) is 0 Å². The van der Waals surface area contributed by atoms with Gasteiger partial charge in [-0.15, -0.1) is 0 Å². The van der Waals surface area contributed by atoms with E-state index >= 15 is 0 Å². The SMILES string of the molecule is CCCc1ccc(C(NCC)c2cccc(Cl)c2Cl)cc1. The van der Waals surface area contributed by atoms with Crippen molar-refractivity contribution in [3.63, 3.8) is 0 Å². The quantitative estimate of drug-likeness (QED) is 0.725. The molecule has 3 heteroatoms. The van der Waals surface area contributed by atoms with Crippen molar-refractivity contribution in [2.24, 2.45) is 0 Å². The highest BCUT2D eigenvalue weighted by molar-refractivity contribution is 6.42. The zero-order chi connectivity index (χ0) is 15.2. The van der Waals surface area contributed by atoms with Crippen molar-refractivity contribution < 1.29 is 0 Å². The standard InChI is InChI=1S/C18H21Cl2N/c1-3-6-13-9-11-14(12-10-13)18(21-4-2)15-7-5-8-16(19)17(15)20/h5,7-12,18,21H,3-4,6H2,1-2H3. The molecule has 2 aromatic carbocycles. The van der Waals surface area contributed by atoms with Crippen LogP contribution in [-0.2, 0) is 6.42 Å². The minimum Gasteiger partial charge on any atom is -0.306 e. The summed E-state index contributed by atoms with van der Waals surface area (Å²) >= 11 is 12.5. The lowest BCUT2D eigenvalue weighted by Crippen LogP contribution is -2.22. The van der Waals surface area contributed by atoms with Gasteiger partial charge in [0.05, 0.1) is 16.1 Å². The Morgan fingerprint density at radius 2 is 1.71 bits per heavy atom. The van der Waals surface area contributed by atoms with Gasteiger partial charge in [-0.25, -0.2) is 0 Å². The Labute approximate surface area is 137 Å². The van der Waals surface area contributed by atoms with E-state index in [-0.39, 0.29) is 6.04 Å². The summed E-state index contributed by atoms with van der Waals surface area (Å²) in [4.78, 5) is 0. The summed E-state index contributed by atoms with van der Waals surface area (Å²) in [6.45, 7) is 5.15. The molecule has 0 bridgehead atoms. The van der Waals surface area contributed by atoms with Crippen LogP contribution in [0.1, 0.15) is 43.0 Å². The predicted molar refractivity (Wildman–Crippen MR) is 92.4 cm³/mol. The summed E-state index contributed by atoms with van der Waals surface area (Å²) < 4.78 is 0. The second-order valence-corrected chi connectivity index (χ2v) is 5.91. The van der Waals surface area contributed by atoms with E-state index in [0.29, 0.717) is 10.0 Å². The van der Waals surface area contributed by atoms with Crippen LogP contribution in [0.3, 0.4) is 0 Å². The highest BCUT2D eigenvalue weighted by atomic mass is 35.5. The number of hydrogen-bond acceptors (Lipinski definition) is 1. The molecule has 0 aliphatic rings. The van der Waals surface area contributed by atoms with Crippen molar-refractivity contribution in [2.75, 3.05) is 6.54 Å². The van der Waals surface area contributed by atoms with Gasteiger partial charge in [-0.3, -0.25) is 0 Å². The highest BCUT2D eigenvalue weighted by Gasteiger charge is 2.17. The van der Waals surface area contributed by atoms with E-state index < -0.39 is 0 Å². The topological polar surface area (TPSA) is 12.0 Å². The number of rotatable bonds is 6. The number of aryl methyl sites for hydroxylation is 1. The monoisotopic (exact) mass is 321 g/mol. The van der Waals surface area contributed by atoms with E-state index in [1.165, 1.54) is 11.1 Å². The molecule has 0 radical (unpaired) electrons. The number of benzene rings is 2. The van der Waals surface area contributed by atoms with Crippen molar-refractivity contribution in [1.29, 1.82) is 0 Å². The summed E-state index contributed by atoms with van der Waals surface area (Å²) in [5, 5.41) is 4.72. The summed E-state index contributed by atoms with van der Waals surface area (Å²) in [6, 6.07) is 14.6. The first-order chi connectivity index (χ1) is 10.2. The second-order valence-electron chi connectivity index (χ2n) is 5.13. The third kappa shape index (κ3) is 4.00. The van der Waals surface area contributed by atoms with Gasteiger partial charge in [-0.2, -0.15) is 0 Å². The third-order valence-electron chi connectivity index (χ3n) is 3.55. The van der Waals surface area contributed by atoms with Crippen molar-refractivity contribution in [2.45, 2.75) is 32.7 Å². The first-order valence-electron chi connectivity index (χ1n) is 7.43. The number of nitrogens with one attached hydrogen (secondary N) is 1. The maximum atomic E-state index is 6.38. The van der Waals surface area contributed by atoms with Gasteiger partial charge in [0, 0.05) is 0 Å². The molecule has 112 valence electrons. The van der Waals surface area contributed by atoms with Gasteiger partial charge in [-0.05, 0) is 35.7 Å². The van der Waals surface area contributed by atoms with Crippen LogP contribution in [0.2, 0.25) is 10.0 Å². The Kier molecular flexibility index (Phi) is 6.10. The van der Waals surface area contributed by atoms with Crippen molar-refractivity contribution in [3.05, 3.63) is 69.2 Å². The molecule has 0 amide bonds. The summed E-state index contributed by atoms with van der Waals surface area (Å²) in [7, 11) is 0.